The number of nitrogens with zero attached hydrogens (tertiary/aromatic N) is 4. The third-order valence-electron chi connectivity index (χ3n) is 7.59. The highest BCUT2D eigenvalue weighted by Crippen LogP contribution is 2.38. The average molecular weight is 565 g/mol. The number of rotatable bonds is 8. The summed E-state index contributed by atoms with van der Waals surface area (Å²) in [4.78, 5) is 37.2. The summed E-state index contributed by atoms with van der Waals surface area (Å²) in [6.45, 7) is 8.72. The van der Waals surface area contributed by atoms with Gasteiger partial charge < -0.3 is 23.7 Å². The third-order valence-corrected chi connectivity index (χ3v) is 8.57. The lowest BCUT2D eigenvalue weighted by Crippen LogP contribution is -2.43. The van der Waals surface area contributed by atoms with Gasteiger partial charge in [-0.25, -0.2) is 4.99 Å². The van der Waals surface area contributed by atoms with Crippen molar-refractivity contribution < 1.29 is 18.7 Å². The Morgan fingerprint density at radius 3 is 2.55 bits per heavy atom. The second kappa shape index (κ2) is 11.8. The van der Waals surface area contributed by atoms with E-state index in [0.29, 0.717) is 56.5 Å². The van der Waals surface area contributed by atoms with Gasteiger partial charge in [-0.1, -0.05) is 11.3 Å². The summed E-state index contributed by atoms with van der Waals surface area (Å²) in [6, 6.07) is 8.53. The van der Waals surface area contributed by atoms with Gasteiger partial charge in [0.2, 0.25) is 0 Å². The van der Waals surface area contributed by atoms with Crippen LogP contribution < -0.4 is 29.3 Å². The third kappa shape index (κ3) is 5.08. The van der Waals surface area contributed by atoms with Crippen LogP contribution >= 0.6 is 11.3 Å². The summed E-state index contributed by atoms with van der Waals surface area (Å²) in [6.07, 6.45) is 5.30. The van der Waals surface area contributed by atoms with Crippen molar-refractivity contribution in [1.29, 1.82) is 0 Å². The first-order valence-electron chi connectivity index (χ1n) is 13.8. The van der Waals surface area contributed by atoms with Gasteiger partial charge in [-0.05, 0) is 64.3 Å². The molecule has 9 nitrogen and oxygen atoms in total. The molecule has 40 heavy (non-hydrogen) atoms. The van der Waals surface area contributed by atoms with Crippen LogP contribution in [0.1, 0.15) is 57.4 Å². The van der Waals surface area contributed by atoms with E-state index < -0.39 is 6.04 Å². The summed E-state index contributed by atoms with van der Waals surface area (Å²) >= 11 is 1.28. The van der Waals surface area contributed by atoms with Crippen LogP contribution in [0.25, 0.3) is 6.08 Å². The predicted octanol–water partition coefficient (Wildman–Crippen LogP) is 3.70. The van der Waals surface area contributed by atoms with Crippen molar-refractivity contribution in [3.63, 3.8) is 0 Å². The average Bonchev–Trinajstić information content (AvgIpc) is 3.57. The molecule has 0 radical (unpaired) electrons. The molecule has 0 N–H and O–H groups in total. The molecule has 1 atom stereocenters. The van der Waals surface area contributed by atoms with Crippen LogP contribution in [0.4, 0.5) is 5.88 Å². The molecular weight excluding hydrogens is 528 g/mol. The van der Waals surface area contributed by atoms with Crippen LogP contribution in [0, 0.1) is 0 Å². The Bertz CT molecular complexity index is 1610. The van der Waals surface area contributed by atoms with Crippen molar-refractivity contribution in [2.45, 2.75) is 46.1 Å². The van der Waals surface area contributed by atoms with Gasteiger partial charge in [0.1, 0.15) is 23.3 Å². The largest absolute Gasteiger partial charge is 0.497 e. The van der Waals surface area contributed by atoms with Gasteiger partial charge in [0.05, 0.1) is 30.0 Å². The SMILES string of the molecule is CCN(CC)C(=O)C1=C(C)N=c2s/c(=C/c3ccc(N4CCCCC4)o3)c(=O)n2[C@H]1c1cc(OC)ccc1OC. The van der Waals surface area contributed by atoms with Gasteiger partial charge in [0, 0.05) is 43.9 Å². The van der Waals surface area contributed by atoms with E-state index in [1.54, 1.807) is 41.9 Å². The zero-order chi connectivity index (χ0) is 28.4. The number of hydrogen-bond acceptors (Lipinski definition) is 8. The van der Waals surface area contributed by atoms with E-state index in [1.807, 2.05) is 39.0 Å². The highest BCUT2D eigenvalue weighted by Gasteiger charge is 2.36. The molecule has 2 aromatic heterocycles. The number of thiazole rings is 1. The topological polar surface area (TPSA) is 89.5 Å². The van der Waals surface area contributed by atoms with Crippen molar-refractivity contribution in [3.05, 3.63) is 72.6 Å². The fraction of sp³-hybridized carbons (Fsp3) is 0.433. The number of furan rings is 1. The fourth-order valence-electron chi connectivity index (χ4n) is 5.46. The number of amides is 1. The van der Waals surface area contributed by atoms with Crippen LogP contribution in [-0.2, 0) is 4.79 Å². The Morgan fingerprint density at radius 1 is 1.12 bits per heavy atom. The number of aromatic nitrogens is 1. The minimum atomic E-state index is -0.739. The first kappa shape index (κ1) is 27.8. The van der Waals surface area contributed by atoms with Crippen LogP contribution in [0.5, 0.6) is 11.5 Å². The Kier molecular flexibility index (Phi) is 8.16. The van der Waals surface area contributed by atoms with Crippen LogP contribution in [0.2, 0.25) is 0 Å². The van der Waals surface area contributed by atoms with E-state index in [1.165, 1.54) is 17.8 Å². The minimum absolute atomic E-state index is 0.160. The predicted molar refractivity (Wildman–Crippen MR) is 156 cm³/mol. The molecule has 0 unspecified atom stereocenters. The van der Waals surface area contributed by atoms with Crippen LogP contribution in [0.15, 0.2) is 55.8 Å². The number of carbonyl (C=O) groups excluding carboxylic acids is 1. The first-order valence-corrected chi connectivity index (χ1v) is 14.6. The van der Waals surface area contributed by atoms with Crippen LogP contribution in [-0.4, -0.2) is 55.8 Å². The second-order valence-corrected chi connectivity index (χ2v) is 10.9. The van der Waals surface area contributed by atoms with E-state index in [4.69, 9.17) is 18.9 Å². The maximum Gasteiger partial charge on any atom is 0.271 e. The maximum atomic E-state index is 14.1. The van der Waals surface area contributed by atoms with Gasteiger partial charge >= 0.3 is 0 Å². The van der Waals surface area contributed by atoms with Crippen molar-refractivity contribution in [2.24, 2.45) is 4.99 Å². The summed E-state index contributed by atoms with van der Waals surface area (Å²) in [5.74, 6) is 2.42. The molecule has 2 aliphatic heterocycles. The van der Waals surface area contributed by atoms with Crippen molar-refractivity contribution >= 4 is 29.2 Å². The molecule has 1 aromatic carbocycles. The molecule has 2 aliphatic rings. The number of anilines is 1. The maximum absolute atomic E-state index is 14.1. The second-order valence-electron chi connectivity index (χ2n) is 9.89. The van der Waals surface area contributed by atoms with E-state index in [2.05, 4.69) is 4.90 Å². The molecular formula is C30H36N4O5S. The fourth-order valence-corrected chi connectivity index (χ4v) is 6.48. The summed E-state index contributed by atoms with van der Waals surface area (Å²) in [5, 5.41) is 0. The highest BCUT2D eigenvalue weighted by atomic mass is 32.1. The number of fused-ring (bicyclic) bond motifs is 1. The van der Waals surface area contributed by atoms with E-state index in [-0.39, 0.29) is 11.5 Å². The van der Waals surface area contributed by atoms with E-state index >= 15 is 0 Å². The van der Waals surface area contributed by atoms with E-state index in [0.717, 1.165) is 31.8 Å². The number of allylic oxidation sites excluding steroid dienone is 1. The number of ether oxygens (including phenoxy) is 2. The molecule has 1 fully saturated rings. The summed E-state index contributed by atoms with van der Waals surface area (Å²) in [7, 11) is 3.16. The number of piperidine rings is 1. The van der Waals surface area contributed by atoms with Gasteiger partial charge in [0.15, 0.2) is 10.7 Å². The first-order chi connectivity index (χ1) is 19.4. The number of likely N-dealkylation sites (N-methyl/N-ethyl adjacent to an activating group) is 1. The van der Waals surface area contributed by atoms with E-state index in [9.17, 15) is 9.59 Å². The lowest BCUT2D eigenvalue weighted by Gasteiger charge is -2.30. The molecule has 1 amide bonds. The molecule has 1 saturated heterocycles. The number of methoxy groups -OCH3 is 2. The van der Waals surface area contributed by atoms with Gasteiger partial charge in [0.25, 0.3) is 11.5 Å². The lowest BCUT2D eigenvalue weighted by atomic mass is 9.93. The number of benzene rings is 1. The molecule has 5 rings (SSSR count). The molecule has 4 heterocycles. The molecule has 0 bridgehead atoms. The zero-order valence-electron chi connectivity index (χ0n) is 23.7. The van der Waals surface area contributed by atoms with Gasteiger partial charge in [-0.2, -0.15) is 0 Å². The van der Waals surface area contributed by atoms with Gasteiger partial charge in [-0.15, -0.1) is 0 Å². The lowest BCUT2D eigenvalue weighted by molar-refractivity contribution is -0.127. The number of carbonyl (C=O) groups is 1. The van der Waals surface area contributed by atoms with Crippen molar-refractivity contribution in [2.75, 3.05) is 45.3 Å². The molecule has 212 valence electrons. The van der Waals surface area contributed by atoms with Gasteiger partial charge in [-0.3, -0.25) is 14.2 Å². The van der Waals surface area contributed by atoms with Crippen LogP contribution in [0.3, 0.4) is 0 Å². The van der Waals surface area contributed by atoms with Crippen molar-refractivity contribution in [3.8, 4) is 11.5 Å². The molecule has 0 aliphatic carbocycles. The Hall–Kier alpha value is -3.79. The number of hydrogen-bond donors (Lipinski definition) is 0. The Labute approximate surface area is 237 Å². The zero-order valence-corrected chi connectivity index (χ0v) is 24.5. The minimum Gasteiger partial charge on any atom is -0.497 e. The van der Waals surface area contributed by atoms with Crippen molar-refractivity contribution in [1.82, 2.24) is 9.47 Å². The monoisotopic (exact) mass is 564 g/mol. The Morgan fingerprint density at radius 2 is 1.88 bits per heavy atom. The smallest absolute Gasteiger partial charge is 0.271 e. The molecule has 0 spiro atoms. The standard InChI is InChI=1S/C30H36N4O5S/c1-6-32(7-2)29(36)26-19(3)31-30-34(27(26)22-17-20(37-4)11-13-23(22)38-5)28(35)24(40-30)18-21-12-14-25(39-21)33-15-9-8-10-16-33/h11-14,17-18,27H,6-10,15-16H2,1-5H3/b24-18+/t27-/m0/s1. The normalized spacial score (nSPS) is 17.5. The summed E-state index contributed by atoms with van der Waals surface area (Å²) in [5.41, 5.74) is 1.43. The molecule has 3 aromatic rings. The quantitative estimate of drug-likeness (QED) is 0.415. The molecule has 0 saturated carbocycles. The highest BCUT2D eigenvalue weighted by molar-refractivity contribution is 7.07. The molecule has 10 heteroatoms. The Balaban J connectivity index is 1.68. The summed E-state index contributed by atoms with van der Waals surface area (Å²) < 4.78 is 19.4.